The van der Waals surface area contributed by atoms with Crippen LogP contribution >= 0.6 is 0 Å². The number of benzene rings is 1. The molecule has 1 aromatic carbocycles. The van der Waals surface area contributed by atoms with E-state index in [4.69, 9.17) is 45.9 Å². The molecule has 0 aliphatic carbocycles. The molecule has 6 atom stereocenters. The molecular formula is C42H76N16O8. The van der Waals surface area contributed by atoms with E-state index in [9.17, 15) is 38.7 Å². The van der Waals surface area contributed by atoms with Crippen molar-refractivity contribution in [3.63, 3.8) is 0 Å². The maximum absolute atomic E-state index is 14.1. The van der Waals surface area contributed by atoms with Crippen molar-refractivity contribution in [3.8, 4) is 5.75 Å². The molecule has 0 aliphatic heterocycles. The van der Waals surface area contributed by atoms with Crippen molar-refractivity contribution in [1.29, 1.82) is 0 Å². The fourth-order valence-corrected chi connectivity index (χ4v) is 6.52. The number of aromatic hydroxyl groups is 1. The first-order valence-corrected chi connectivity index (χ1v) is 22.4. The number of amides is 7. The Balaban J connectivity index is 3.39. The molecule has 0 radical (unpaired) electrons. The number of hydrogen-bond donors (Lipinski definition) is 14. The van der Waals surface area contributed by atoms with Gasteiger partial charge in [0.05, 0.1) is 12.6 Å². The number of carbonyl (C=O) groups is 7. The molecule has 0 fully saturated rings. The highest BCUT2D eigenvalue weighted by Gasteiger charge is 2.33. The van der Waals surface area contributed by atoms with Gasteiger partial charge < -0.3 is 82.5 Å². The average molecular weight is 933 g/mol. The highest BCUT2D eigenvalue weighted by molar-refractivity contribution is 5.97. The maximum atomic E-state index is 14.1. The minimum absolute atomic E-state index is 0.0166. The lowest BCUT2D eigenvalue weighted by Crippen LogP contribution is -2.60. The number of nitrogens with two attached hydrogens (primary N) is 8. The van der Waals surface area contributed by atoms with Gasteiger partial charge in [0.15, 0.2) is 11.9 Å². The maximum Gasteiger partial charge on any atom is 0.244 e. The molecule has 0 heterocycles. The number of nitrogens with zero attached hydrogens (tertiary/aromatic N) is 3. The van der Waals surface area contributed by atoms with E-state index in [-0.39, 0.29) is 88.3 Å². The molecule has 372 valence electrons. The van der Waals surface area contributed by atoms with Crippen LogP contribution in [0.2, 0.25) is 0 Å². The van der Waals surface area contributed by atoms with Gasteiger partial charge in [0.25, 0.3) is 0 Å². The minimum Gasteiger partial charge on any atom is -0.508 e. The van der Waals surface area contributed by atoms with Gasteiger partial charge in [0.1, 0.15) is 36.0 Å². The number of nitrogens with one attached hydrogen (secondary N) is 5. The topological polar surface area (TPSA) is 436 Å². The van der Waals surface area contributed by atoms with E-state index in [1.165, 1.54) is 29.2 Å². The number of carbonyl (C=O) groups excluding carboxylic acids is 7. The molecule has 7 amide bonds. The number of phenols is 1. The van der Waals surface area contributed by atoms with Crippen LogP contribution in [0.4, 0.5) is 0 Å². The van der Waals surface area contributed by atoms with Gasteiger partial charge >= 0.3 is 0 Å². The van der Waals surface area contributed by atoms with E-state index in [1.807, 2.05) is 13.8 Å². The summed E-state index contributed by atoms with van der Waals surface area (Å²) in [5, 5.41) is 23.0. The standard InChI is InChI=1S/C42H76N16O8/c1-4-9-30(36(62)56-32(22-26-13-15-27(59)16-14-26)38(64)57-33(23-44)39(65)54-29(35(46)61)17-12-25(2)3)55-37(63)31(11-8-20-52-42(49)50)53-34(60)24-58(21-6-5-18-43)40(66)28(45)10-7-19-51-41(47)48/h13-16,25,28-33,59H,4-12,17-24,43-45H2,1-3H3,(H2,46,61)(H,53,60)(H,54,65)(H,55,63)(H,56,62)(H,57,64)(H4,47,48,51)(H4,49,50,52)/t28-,29-,30-,31-,32-,33-/m0/s1. The van der Waals surface area contributed by atoms with Gasteiger partial charge in [-0.05, 0) is 87.9 Å². The SMILES string of the molecule is CCC[C@H](NC(=O)[C@H](CCCN=C(N)N)NC(=O)CN(CCCCN)C(=O)[C@@H](N)CCCN=C(N)N)C(=O)N[C@@H](Cc1ccc(O)cc1)C(=O)N[C@@H](CN)C(=O)N[C@@H](CCC(C)C)C(N)=O. The molecule has 24 heteroatoms. The largest absolute Gasteiger partial charge is 0.508 e. The predicted octanol–water partition coefficient (Wildman–Crippen LogP) is -3.96. The van der Waals surface area contributed by atoms with Crippen LogP contribution in [-0.4, -0.2) is 139 Å². The first-order chi connectivity index (χ1) is 31.2. The molecular weight excluding hydrogens is 857 g/mol. The summed E-state index contributed by atoms with van der Waals surface area (Å²) in [6, 6.07) is -1.26. The van der Waals surface area contributed by atoms with E-state index < -0.39 is 84.1 Å². The van der Waals surface area contributed by atoms with E-state index in [1.54, 1.807) is 6.92 Å². The van der Waals surface area contributed by atoms with Crippen LogP contribution in [0.3, 0.4) is 0 Å². The Kier molecular flexibility index (Phi) is 27.6. The van der Waals surface area contributed by atoms with Crippen molar-refractivity contribution in [2.45, 2.75) is 128 Å². The normalized spacial score (nSPS) is 13.7. The Morgan fingerprint density at radius 2 is 1.15 bits per heavy atom. The molecule has 0 unspecified atom stereocenters. The second-order valence-corrected chi connectivity index (χ2v) is 16.4. The van der Waals surface area contributed by atoms with Gasteiger partial charge in [-0.3, -0.25) is 43.5 Å². The number of unbranched alkanes of at least 4 members (excludes halogenated alkanes) is 1. The zero-order chi connectivity index (χ0) is 49.8. The molecule has 0 aromatic heterocycles. The van der Waals surface area contributed by atoms with E-state index in [2.05, 4.69) is 36.6 Å². The zero-order valence-corrected chi connectivity index (χ0v) is 38.6. The zero-order valence-electron chi connectivity index (χ0n) is 38.6. The summed E-state index contributed by atoms with van der Waals surface area (Å²) in [5.41, 5.74) is 45.6. The number of aliphatic imine (C=N–C) groups is 2. The monoisotopic (exact) mass is 933 g/mol. The molecule has 0 aliphatic rings. The fourth-order valence-electron chi connectivity index (χ4n) is 6.52. The van der Waals surface area contributed by atoms with E-state index in [0.29, 0.717) is 44.2 Å². The summed E-state index contributed by atoms with van der Waals surface area (Å²) in [6.45, 7) is 5.72. The van der Waals surface area contributed by atoms with Gasteiger partial charge in [-0.2, -0.15) is 0 Å². The third kappa shape index (κ3) is 23.6. The minimum atomic E-state index is -1.34. The predicted molar refractivity (Wildman–Crippen MR) is 251 cm³/mol. The molecule has 0 bridgehead atoms. The number of rotatable bonds is 33. The molecule has 66 heavy (non-hydrogen) atoms. The Morgan fingerprint density at radius 1 is 0.636 bits per heavy atom. The fraction of sp³-hybridized carbons (Fsp3) is 0.643. The second-order valence-electron chi connectivity index (χ2n) is 16.4. The molecule has 24 nitrogen and oxygen atoms in total. The Bertz CT molecular complexity index is 1760. The van der Waals surface area contributed by atoms with Gasteiger partial charge in [-0.1, -0.05) is 39.3 Å². The molecule has 1 rings (SSSR count). The smallest absolute Gasteiger partial charge is 0.244 e. The lowest BCUT2D eigenvalue weighted by atomic mass is 10.0. The molecule has 0 saturated heterocycles. The van der Waals surface area contributed by atoms with Crippen LogP contribution in [0, 0.1) is 5.92 Å². The third-order valence-electron chi connectivity index (χ3n) is 10.2. The summed E-state index contributed by atoms with van der Waals surface area (Å²) in [6.07, 6.45) is 3.16. The number of phenolic OH excluding ortho intramolecular Hbond substituents is 1. The van der Waals surface area contributed by atoms with Crippen molar-refractivity contribution in [2.75, 3.05) is 39.3 Å². The summed E-state index contributed by atoms with van der Waals surface area (Å²) in [7, 11) is 0. The first-order valence-electron chi connectivity index (χ1n) is 22.4. The highest BCUT2D eigenvalue weighted by atomic mass is 16.3. The third-order valence-corrected chi connectivity index (χ3v) is 10.2. The van der Waals surface area contributed by atoms with E-state index >= 15 is 0 Å². The van der Waals surface area contributed by atoms with Crippen molar-refractivity contribution >= 4 is 53.3 Å². The number of hydrogen-bond acceptors (Lipinski definition) is 13. The summed E-state index contributed by atoms with van der Waals surface area (Å²) >= 11 is 0. The summed E-state index contributed by atoms with van der Waals surface area (Å²) < 4.78 is 0. The van der Waals surface area contributed by atoms with Gasteiger partial charge in [-0.15, -0.1) is 0 Å². The second kappa shape index (κ2) is 31.6. The highest BCUT2D eigenvalue weighted by Crippen LogP contribution is 2.13. The average Bonchev–Trinajstić information content (AvgIpc) is 3.25. The molecule has 1 aromatic rings. The summed E-state index contributed by atoms with van der Waals surface area (Å²) in [4.78, 5) is 104. The Hall–Kier alpha value is -6.27. The first kappa shape index (κ1) is 57.7. The van der Waals surface area contributed by atoms with Crippen LogP contribution in [0.1, 0.15) is 90.5 Å². The lowest BCUT2D eigenvalue weighted by Gasteiger charge is -2.28. The molecule has 0 spiro atoms. The lowest BCUT2D eigenvalue weighted by molar-refractivity contribution is -0.138. The van der Waals surface area contributed by atoms with Gasteiger partial charge in [0, 0.05) is 32.6 Å². The van der Waals surface area contributed by atoms with Gasteiger partial charge in [-0.25, -0.2) is 0 Å². The Morgan fingerprint density at radius 3 is 1.68 bits per heavy atom. The summed E-state index contributed by atoms with van der Waals surface area (Å²) in [5.74, 6) is -5.14. The van der Waals surface area contributed by atoms with Crippen LogP contribution < -0.4 is 72.5 Å². The van der Waals surface area contributed by atoms with Crippen LogP contribution in [0.5, 0.6) is 5.75 Å². The van der Waals surface area contributed by atoms with Crippen molar-refractivity contribution < 1.29 is 38.7 Å². The quantitative estimate of drug-likeness (QED) is 0.0182. The molecule has 22 N–H and O–H groups in total. The van der Waals surface area contributed by atoms with Crippen molar-refractivity contribution in [3.05, 3.63) is 29.8 Å². The van der Waals surface area contributed by atoms with E-state index in [0.717, 1.165) is 0 Å². The van der Waals surface area contributed by atoms with Crippen molar-refractivity contribution in [1.82, 2.24) is 31.5 Å². The van der Waals surface area contributed by atoms with Crippen LogP contribution in [0.15, 0.2) is 34.3 Å². The number of guanidine groups is 2. The van der Waals surface area contributed by atoms with Crippen LogP contribution in [-0.2, 0) is 40.0 Å². The molecule has 0 saturated carbocycles. The van der Waals surface area contributed by atoms with Gasteiger partial charge in [0.2, 0.25) is 41.4 Å². The van der Waals surface area contributed by atoms with Crippen LogP contribution in [0.25, 0.3) is 0 Å². The number of primary amides is 1. The van der Waals surface area contributed by atoms with Crippen molar-refractivity contribution in [2.24, 2.45) is 61.8 Å². The Labute approximate surface area is 387 Å².